The second-order valence-electron chi connectivity index (χ2n) is 9.81. The van der Waals surface area contributed by atoms with E-state index in [1.54, 1.807) is 31.4 Å². The van der Waals surface area contributed by atoms with Crippen LogP contribution in [0.15, 0.2) is 42.5 Å². The van der Waals surface area contributed by atoms with Crippen molar-refractivity contribution >= 4 is 0 Å². The van der Waals surface area contributed by atoms with Gasteiger partial charge in [0, 0.05) is 23.6 Å². The number of aliphatic hydroxyl groups excluding tert-OH is 1. The molecule has 35 heavy (non-hydrogen) atoms. The Morgan fingerprint density at radius 1 is 0.914 bits per heavy atom. The van der Waals surface area contributed by atoms with Gasteiger partial charge in [0.1, 0.15) is 23.4 Å². The topological polar surface area (TPSA) is 88.4 Å². The molecule has 3 aromatic rings. The van der Waals surface area contributed by atoms with Crippen molar-refractivity contribution in [3.05, 3.63) is 64.7 Å². The van der Waals surface area contributed by atoms with Gasteiger partial charge in [-0.1, -0.05) is 12.1 Å². The number of benzene rings is 3. The van der Waals surface area contributed by atoms with Gasteiger partial charge in [-0.2, -0.15) is 0 Å². The Hall–Kier alpha value is -3.38. The lowest BCUT2D eigenvalue weighted by molar-refractivity contribution is 0.0201. The number of aryl methyl sites for hydroxylation is 1. The SMILES string of the molecule is COc1cc2c(c3c1-c1ccc(O)cc1CC3)C[C@@H](O)[C@H](c1ccc(O)c(OC3CCCC3)c1)O2. The van der Waals surface area contributed by atoms with Crippen LogP contribution < -0.4 is 14.2 Å². The highest BCUT2D eigenvalue weighted by molar-refractivity contribution is 5.82. The molecule has 0 radical (unpaired) electrons. The zero-order valence-electron chi connectivity index (χ0n) is 19.8. The first-order valence-electron chi connectivity index (χ1n) is 12.4. The summed E-state index contributed by atoms with van der Waals surface area (Å²) in [7, 11) is 1.65. The molecule has 0 aromatic heterocycles. The minimum Gasteiger partial charge on any atom is -0.508 e. The van der Waals surface area contributed by atoms with E-state index in [1.165, 1.54) is 0 Å². The Balaban J connectivity index is 1.36. The third kappa shape index (κ3) is 3.86. The molecular formula is C29H30O6. The fraction of sp³-hybridized carbons (Fsp3) is 0.379. The van der Waals surface area contributed by atoms with Crippen LogP contribution in [0.2, 0.25) is 0 Å². The van der Waals surface area contributed by atoms with Gasteiger partial charge in [0.2, 0.25) is 0 Å². The van der Waals surface area contributed by atoms with E-state index in [4.69, 9.17) is 14.2 Å². The normalized spacial score (nSPS) is 21.0. The van der Waals surface area contributed by atoms with Gasteiger partial charge in [0.05, 0.1) is 19.3 Å². The summed E-state index contributed by atoms with van der Waals surface area (Å²) < 4.78 is 18.3. The van der Waals surface area contributed by atoms with Crippen molar-refractivity contribution in [2.24, 2.45) is 0 Å². The number of methoxy groups -OCH3 is 1. The van der Waals surface area contributed by atoms with Gasteiger partial charge in [-0.25, -0.2) is 0 Å². The monoisotopic (exact) mass is 474 g/mol. The summed E-state index contributed by atoms with van der Waals surface area (Å²) in [5, 5.41) is 31.5. The molecule has 0 spiro atoms. The van der Waals surface area contributed by atoms with E-state index in [2.05, 4.69) is 0 Å². The maximum Gasteiger partial charge on any atom is 0.161 e. The molecular weight excluding hydrogens is 444 g/mol. The fourth-order valence-corrected chi connectivity index (χ4v) is 5.89. The molecule has 0 bridgehead atoms. The molecule has 6 nitrogen and oxygen atoms in total. The molecule has 3 N–H and O–H groups in total. The van der Waals surface area contributed by atoms with Crippen molar-refractivity contribution in [2.75, 3.05) is 7.11 Å². The molecule has 1 aliphatic heterocycles. The molecule has 1 saturated carbocycles. The average Bonchev–Trinajstić information content (AvgIpc) is 3.37. The molecule has 1 fully saturated rings. The van der Waals surface area contributed by atoms with E-state index >= 15 is 0 Å². The fourth-order valence-electron chi connectivity index (χ4n) is 5.89. The predicted molar refractivity (Wildman–Crippen MR) is 132 cm³/mol. The van der Waals surface area contributed by atoms with Crippen molar-refractivity contribution in [1.82, 2.24) is 0 Å². The number of ether oxygens (including phenoxy) is 3. The minimum atomic E-state index is -0.745. The van der Waals surface area contributed by atoms with Crippen molar-refractivity contribution < 1.29 is 29.5 Å². The summed E-state index contributed by atoms with van der Waals surface area (Å²) in [4.78, 5) is 0. The molecule has 182 valence electrons. The molecule has 2 aliphatic carbocycles. The summed E-state index contributed by atoms with van der Waals surface area (Å²) in [6.07, 6.45) is 5.11. The van der Waals surface area contributed by atoms with Crippen LogP contribution in [0.4, 0.5) is 0 Å². The second kappa shape index (κ2) is 8.68. The van der Waals surface area contributed by atoms with Crippen molar-refractivity contribution in [2.45, 2.75) is 63.3 Å². The summed E-state index contributed by atoms with van der Waals surface area (Å²) in [5.74, 6) is 2.24. The molecule has 6 heteroatoms. The first-order valence-corrected chi connectivity index (χ1v) is 12.4. The summed E-state index contributed by atoms with van der Waals surface area (Å²) in [6, 6.07) is 12.6. The van der Waals surface area contributed by atoms with Gasteiger partial charge >= 0.3 is 0 Å². The predicted octanol–water partition coefficient (Wildman–Crippen LogP) is 5.23. The van der Waals surface area contributed by atoms with Crippen LogP contribution in [0, 0.1) is 0 Å². The maximum absolute atomic E-state index is 11.2. The van der Waals surface area contributed by atoms with Crippen LogP contribution in [0.1, 0.15) is 54.0 Å². The lowest BCUT2D eigenvalue weighted by Gasteiger charge is -2.35. The smallest absolute Gasteiger partial charge is 0.161 e. The van der Waals surface area contributed by atoms with E-state index in [0.717, 1.165) is 77.7 Å². The third-order valence-electron chi connectivity index (χ3n) is 7.62. The Labute approximate surface area is 204 Å². The highest BCUT2D eigenvalue weighted by Gasteiger charge is 2.35. The Morgan fingerprint density at radius 2 is 1.74 bits per heavy atom. The van der Waals surface area contributed by atoms with Crippen LogP contribution in [0.25, 0.3) is 11.1 Å². The first kappa shape index (κ1) is 22.1. The molecule has 1 heterocycles. The number of hydrogen-bond donors (Lipinski definition) is 3. The molecule has 2 atom stereocenters. The molecule has 0 amide bonds. The minimum absolute atomic E-state index is 0.104. The molecule has 0 saturated heterocycles. The van der Waals surface area contributed by atoms with Crippen LogP contribution in [0.3, 0.4) is 0 Å². The van der Waals surface area contributed by atoms with Crippen LogP contribution in [0.5, 0.6) is 28.7 Å². The number of rotatable bonds is 4. The number of phenolic OH excluding ortho intramolecular Hbond substituents is 2. The van der Waals surface area contributed by atoms with Gasteiger partial charge in [-0.3, -0.25) is 0 Å². The van der Waals surface area contributed by atoms with E-state index in [9.17, 15) is 15.3 Å². The zero-order valence-corrected chi connectivity index (χ0v) is 19.8. The Kier molecular flexibility index (Phi) is 5.49. The van der Waals surface area contributed by atoms with Gasteiger partial charge < -0.3 is 29.5 Å². The van der Waals surface area contributed by atoms with E-state index in [-0.39, 0.29) is 17.6 Å². The van der Waals surface area contributed by atoms with Crippen molar-refractivity contribution in [3.8, 4) is 39.9 Å². The Morgan fingerprint density at radius 3 is 2.54 bits per heavy atom. The third-order valence-corrected chi connectivity index (χ3v) is 7.62. The molecule has 0 unspecified atom stereocenters. The van der Waals surface area contributed by atoms with E-state index in [0.29, 0.717) is 17.9 Å². The summed E-state index contributed by atoms with van der Waals surface area (Å²) in [6.45, 7) is 0. The van der Waals surface area contributed by atoms with Crippen LogP contribution in [-0.4, -0.2) is 34.6 Å². The number of phenols is 2. The first-order chi connectivity index (χ1) is 17.0. The van der Waals surface area contributed by atoms with Crippen molar-refractivity contribution in [3.63, 3.8) is 0 Å². The number of fused-ring (bicyclic) bond motifs is 5. The quantitative estimate of drug-likeness (QED) is 0.480. The van der Waals surface area contributed by atoms with E-state index < -0.39 is 12.2 Å². The highest BCUT2D eigenvalue weighted by Crippen LogP contribution is 2.49. The van der Waals surface area contributed by atoms with Gasteiger partial charge in [-0.05, 0) is 85.0 Å². The standard InChI is InChI=1S/C29H30O6/c1-33-27-15-25-22(21-9-6-16-12-18(30)8-10-20(16)28(21)27)14-24(32)29(35-25)17-7-11-23(31)26(13-17)34-19-4-2-3-5-19/h7-8,10-13,15,19,24,29-32H,2-6,9,14H2,1H3/t24-,29+/m1/s1. The van der Waals surface area contributed by atoms with Crippen molar-refractivity contribution in [1.29, 1.82) is 0 Å². The Bertz CT molecular complexity index is 1280. The van der Waals surface area contributed by atoms with Crippen LogP contribution in [-0.2, 0) is 19.3 Å². The second-order valence-corrected chi connectivity index (χ2v) is 9.81. The molecule has 3 aliphatic rings. The van der Waals surface area contributed by atoms with Gasteiger partial charge in [-0.15, -0.1) is 0 Å². The molecule has 3 aromatic carbocycles. The summed E-state index contributed by atoms with van der Waals surface area (Å²) in [5.41, 5.74) is 6.05. The summed E-state index contributed by atoms with van der Waals surface area (Å²) >= 11 is 0. The zero-order chi connectivity index (χ0) is 24.1. The average molecular weight is 475 g/mol. The number of aliphatic hydroxyl groups is 1. The van der Waals surface area contributed by atoms with Gasteiger partial charge in [0.25, 0.3) is 0 Å². The highest BCUT2D eigenvalue weighted by atomic mass is 16.5. The lowest BCUT2D eigenvalue weighted by atomic mass is 9.80. The lowest BCUT2D eigenvalue weighted by Crippen LogP contribution is -2.31. The maximum atomic E-state index is 11.2. The van der Waals surface area contributed by atoms with Crippen LogP contribution >= 0.6 is 0 Å². The largest absolute Gasteiger partial charge is 0.508 e. The van der Waals surface area contributed by atoms with Gasteiger partial charge in [0.15, 0.2) is 11.5 Å². The molecule has 6 rings (SSSR count). The van der Waals surface area contributed by atoms with E-state index in [1.807, 2.05) is 18.2 Å². The number of aromatic hydroxyl groups is 2. The number of hydrogen-bond acceptors (Lipinski definition) is 6.